The molecule has 1 heterocycles. The van der Waals surface area contributed by atoms with Gasteiger partial charge in [-0.05, 0) is 67.1 Å². The molecule has 3 rings (SSSR count). The van der Waals surface area contributed by atoms with Crippen LogP contribution in [-0.4, -0.2) is 26.6 Å². The van der Waals surface area contributed by atoms with E-state index in [9.17, 15) is 8.42 Å². The molecule has 23 heavy (non-hydrogen) atoms. The molecule has 0 atom stereocenters. The number of hydroxylamine groups is 2. The van der Waals surface area contributed by atoms with E-state index >= 15 is 0 Å². The predicted octanol–water partition coefficient (Wildman–Crippen LogP) is 3.60. The van der Waals surface area contributed by atoms with E-state index in [1.807, 2.05) is 19.1 Å². The summed E-state index contributed by atoms with van der Waals surface area (Å²) in [5, 5.41) is 1.48. The van der Waals surface area contributed by atoms with Gasteiger partial charge in [0.25, 0.3) is 0 Å². The summed E-state index contributed by atoms with van der Waals surface area (Å²) in [6.07, 6.45) is 0.970. The lowest BCUT2D eigenvalue weighted by atomic mass is 9.97. The number of nitrogens with zero attached hydrogens (tertiary/aromatic N) is 1. The maximum Gasteiger partial charge on any atom is 0.313 e. The molecule has 0 N–H and O–H groups in total. The monoisotopic (exact) mass is 331 g/mol. The van der Waals surface area contributed by atoms with Gasteiger partial charge < -0.3 is 0 Å². The molecule has 0 radical (unpaired) electrons. The van der Waals surface area contributed by atoms with E-state index in [0.717, 1.165) is 23.1 Å². The molecule has 122 valence electrons. The number of hydrogen-bond donors (Lipinski definition) is 0. The fraction of sp³-hybridized carbons (Fsp3) is 0.333. The Kier molecular flexibility index (Phi) is 4.27. The molecule has 0 amide bonds. The third kappa shape index (κ3) is 3.32. The van der Waals surface area contributed by atoms with Crippen LogP contribution < -0.4 is 0 Å². The summed E-state index contributed by atoms with van der Waals surface area (Å²) >= 11 is 0. The Morgan fingerprint density at radius 3 is 2.22 bits per heavy atom. The van der Waals surface area contributed by atoms with Crippen molar-refractivity contribution in [2.24, 2.45) is 0 Å². The maximum absolute atomic E-state index is 12.4. The normalized spacial score (nSPS) is 15.4. The van der Waals surface area contributed by atoms with Gasteiger partial charge in [-0.15, -0.1) is 0 Å². The zero-order valence-corrected chi connectivity index (χ0v) is 14.5. The second-order valence-corrected chi connectivity index (χ2v) is 7.62. The largest absolute Gasteiger partial charge is 0.313 e. The highest BCUT2D eigenvalue weighted by Crippen LogP contribution is 2.29. The molecule has 5 heteroatoms. The molecule has 0 aromatic heterocycles. The Morgan fingerprint density at radius 1 is 0.913 bits per heavy atom. The van der Waals surface area contributed by atoms with Gasteiger partial charge in [0, 0.05) is 13.1 Å². The number of aryl methyl sites for hydroxylation is 3. The van der Waals surface area contributed by atoms with Gasteiger partial charge in [0.15, 0.2) is 0 Å². The highest BCUT2D eigenvalue weighted by Gasteiger charge is 2.25. The van der Waals surface area contributed by atoms with Crippen LogP contribution in [0.25, 0.3) is 11.1 Å². The standard InChI is InChI=1S/C18H21NO3S/c1-13-5-7-16(11-15(13)3)18-12-17(8-6-14(18)2)23(20,21)22-19-9-4-10-19/h5-8,11-12H,4,9-10H2,1-3H3. The van der Waals surface area contributed by atoms with Gasteiger partial charge in [0.1, 0.15) is 0 Å². The van der Waals surface area contributed by atoms with Crippen molar-refractivity contribution in [2.45, 2.75) is 32.1 Å². The maximum atomic E-state index is 12.4. The molecule has 1 aliphatic heterocycles. The van der Waals surface area contributed by atoms with E-state index in [1.165, 1.54) is 16.2 Å². The van der Waals surface area contributed by atoms with Crippen LogP contribution in [0.3, 0.4) is 0 Å². The molecule has 0 spiro atoms. The molecule has 0 aliphatic carbocycles. The van der Waals surface area contributed by atoms with Gasteiger partial charge in [-0.3, -0.25) is 0 Å². The van der Waals surface area contributed by atoms with E-state index in [2.05, 4.69) is 26.0 Å². The van der Waals surface area contributed by atoms with Gasteiger partial charge in [0.2, 0.25) is 0 Å². The Balaban J connectivity index is 2.00. The van der Waals surface area contributed by atoms with E-state index in [-0.39, 0.29) is 4.90 Å². The van der Waals surface area contributed by atoms with Crippen molar-refractivity contribution < 1.29 is 12.7 Å². The third-order valence-electron chi connectivity index (χ3n) is 4.33. The minimum Gasteiger partial charge on any atom is -0.192 e. The van der Waals surface area contributed by atoms with Crippen LogP contribution in [-0.2, 0) is 14.4 Å². The van der Waals surface area contributed by atoms with Gasteiger partial charge in [-0.2, -0.15) is 17.8 Å². The number of hydrogen-bond acceptors (Lipinski definition) is 4. The average Bonchev–Trinajstić information content (AvgIpc) is 2.46. The van der Waals surface area contributed by atoms with Crippen molar-refractivity contribution in [1.29, 1.82) is 0 Å². The fourth-order valence-corrected chi connectivity index (χ4v) is 3.53. The first kappa shape index (κ1) is 16.2. The Morgan fingerprint density at radius 2 is 1.61 bits per heavy atom. The first-order chi connectivity index (χ1) is 10.9. The van der Waals surface area contributed by atoms with E-state index < -0.39 is 10.1 Å². The van der Waals surface area contributed by atoms with Gasteiger partial charge in [-0.25, -0.2) is 0 Å². The van der Waals surface area contributed by atoms with Crippen molar-refractivity contribution in [1.82, 2.24) is 5.06 Å². The Bertz CT molecular complexity index is 839. The summed E-state index contributed by atoms with van der Waals surface area (Å²) in [4.78, 5) is 0.197. The molecule has 2 aromatic rings. The molecule has 0 saturated carbocycles. The molecular weight excluding hydrogens is 310 g/mol. The molecule has 0 unspecified atom stereocenters. The lowest BCUT2D eigenvalue weighted by Crippen LogP contribution is -2.38. The summed E-state index contributed by atoms with van der Waals surface area (Å²) in [6.45, 7) is 7.43. The first-order valence-electron chi connectivity index (χ1n) is 7.75. The van der Waals surface area contributed by atoms with E-state index in [1.54, 1.807) is 12.1 Å². The van der Waals surface area contributed by atoms with Crippen LogP contribution in [0.5, 0.6) is 0 Å². The van der Waals surface area contributed by atoms with Crippen molar-refractivity contribution in [3.8, 4) is 11.1 Å². The van der Waals surface area contributed by atoms with Crippen molar-refractivity contribution in [3.63, 3.8) is 0 Å². The highest BCUT2D eigenvalue weighted by atomic mass is 32.2. The molecule has 4 nitrogen and oxygen atoms in total. The zero-order chi connectivity index (χ0) is 16.6. The molecule has 0 bridgehead atoms. The first-order valence-corrected chi connectivity index (χ1v) is 9.15. The van der Waals surface area contributed by atoms with Gasteiger partial charge >= 0.3 is 10.1 Å². The summed E-state index contributed by atoms with van der Waals surface area (Å²) in [7, 11) is -3.76. The smallest absolute Gasteiger partial charge is 0.192 e. The fourth-order valence-electron chi connectivity index (χ4n) is 2.52. The summed E-state index contributed by atoms with van der Waals surface area (Å²) in [5.74, 6) is 0. The average molecular weight is 331 g/mol. The highest BCUT2D eigenvalue weighted by molar-refractivity contribution is 7.86. The summed E-state index contributed by atoms with van der Waals surface area (Å²) in [6, 6.07) is 11.3. The number of rotatable bonds is 4. The second kappa shape index (κ2) is 6.07. The molecular formula is C18H21NO3S. The topological polar surface area (TPSA) is 46.6 Å². The minimum absolute atomic E-state index is 0.197. The SMILES string of the molecule is Cc1ccc(-c2cc(S(=O)(=O)ON3CCC3)ccc2C)cc1C. The van der Waals surface area contributed by atoms with Crippen LogP contribution in [0.2, 0.25) is 0 Å². The van der Waals surface area contributed by atoms with Crippen LogP contribution >= 0.6 is 0 Å². The van der Waals surface area contributed by atoms with Gasteiger partial charge in [0.05, 0.1) is 4.90 Å². The van der Waals surface area contributed by atoms with Crippen molar-refractivity contribution >= 4 is 10.1 Å². The Hall–Kier alpha value is -1.69. The van der Waals surface area contributed by atoms with Crippen LogP contribution in [0, 0.1) is 20.8 Å². The number of benzene rings is 2. The van der Waals surface area contributed by atoms with Crippen LogP contribution in [0.15, 0.2) is 41.3 Å². The molecule has 1 aliphatic rings. The molecule has 1 fully saturated rings. The van der Waals surface area contributed by atoms with Crippen molar-refractivity contribution in [3.05, 3.63) is 53.1 Å². The molecule has 1 saturated heterocycles. The predicted molar refractivity (Wildman–Crippen MR) is 90.5 cm³/mol. The van der Waals surface area contributed by atoms with Gasteiger partial charge in [-0.1, -0.05) is 24.3 Å². The molecule has 2 aromatic carbocycles. The lowest BCUT2D eigenvalue weighted by molar-refractivity contribution is -0.101. The third-order valence-corrected chi connectivity index (χ3v) is 5.57. The quantitative estimate of drug-likeness (QED) is 0.859. The lowest BCUT2D eigenvalue weighted by Gasteiger charge is -2.28. The second-order valence-electron chi connectivity index (χ2n) is 6.09. The van der Waals surface area contributed by atoms with Crippen molar-refractivity contribution in [2.75, 3.05) is 13.1 Å². The van der Waals surface area contributed by atoms with E-state index in [4.69, 9.17) is 4.28 Å². The van der Waals surface area contributed by atoms with Crippen LogP contribution in [0.1, 0.15) is 23.1 Å². The Labute approximate surface area is 137 Å². The minimum atomic E-state index is -3.76. The van der Waals surface area contributed by atoms with E-state index in [0.29, 0.717) is 13.1 Å². The summed E-state index contributed by atoms with van der Waals surface area (Å²) in [5.41, 5.74) is 5.38. The zero-order valence-electron chi connectivity index (χ0n) is 13.7. The summed E-state index contributed by atoms with van der Waals surface area (Å²) < 4.78 is 29.9. The van der Waals surface area contributed by atoms with Crippen LogP contribution in [0.4, 0.5) is 0 Å².